The lowest BCUT2D eigenvalue weighted by Gasteiger charge is -2.01. The monoisotopic (exact) mass is 242 g/mol. The smallest absolute Gasteiger partial charge is 0.165 e. The van der Waals surface area contributed by atoms with Crippen molar-refractivity contribution in [2.75, 3.05) is 7.11 Å². The molecular weight excluding hydrogens is 231 g/mol. The van der Waals surface area contributed by atoms with Crippen molar-refractivity contribution in [2.45, 2.75) is 6.54 Å². The van der Waals surface area contributed by atoms with Gasteiger partial charge in [0.25, 0.3) is 0 Å². The van der Waals surface area contributed by atoms with E-state index in [1.807, 2.05) is 6.07 Å². The molecule has 0 bridgehead atoms. The fourth-order valence-corrected chi connectivity index (χ4v) is 1.44. The molecule has 16 heavy (non-hydrogen) atoms. The quantitative estimate of drug-likeness (QED) is 0.753. The molecule has 0 saturated carbocycles. The third-order valence-electron chi connectivity index (χ3n) is 2.03. The first kappa shape index (κ1) is 12.8. The Morgan fingerprint density at radius 3 is 2.69 bits per heavy atom. The molecule has 0 spiro atoms. The molecule has 0 aliphatic rings. The SMILES string of the molecule is CO.NCc1ccc2cc(F)c(Cl)nc2c1. The van der Waals surface area contributed by atoms with E-state index < -0.39 is 5.82 Å². The molecule has 0 radical (unpaired) electrons. The van der Waals surface area contributed by atoms with E-state index in [1.165, 1.54) is 6.07 Å². The summed E-state index contributed by atoms with van der Waals surface area (Å²) in [4.78, 5) is 3.92. The van der Waals surface area contributed by atoms with Crippen molar-refractivity contribution in [3.05, 3.63) is 40.8 Å². The summed E-state index contributed by atoms with van der Waals surface area (Å²) in [6.45, 7) is 0.437. The van der Waals surface area contributed by atoms with Gasteiger partial charge in [0, 0.05) is 19.0 Å². The Hall–Kier alpha value is -1.23. The molecule has 86 valence electrons. The summed E-state index contributed by atoms with van der Waals surface area (Å²) >= 11 is 5.57. The number of aromatic nitrogens is 1. The molecule has 2 aromatic rings. The van der Waals surface area contributed by atoms with Gasteiger partial charge in [0.15, 0.2) is 11.0 Å². The summed E-state index contributed by atoms with van der Waals surface area (Å²) in [5.41, 5.74) is 7.09. The summed E-state index contributed by atoms with van der Waals surface area (Å²) < 4.78 is 13.0. The number of nitrogens with two attached hydrogens (primary N) is 1. The molecule has 0 unspecified atom stereocenters. The van der Waals surface area contributed by atoms with E-state index in [9.17, 15) is 4.39 Å². The van der Waals surface area contributed by atoms with E-state index in [0.29, 0.717) is 12.1 Å². The molecule has 1 aromatic heterocycles. The molecule has 0 atom stereocenters. The number of halogens is 2. The minimum Gasteiger partial charge on any atom is -0.400 e. The largest absolute Gasteiger partial charge is 0.400 e. The van der Waals surface area contributed by atoms with Crippen LogP contribution in [0, 0.1) is 5.82 Å². The Morgan fingerprint density at radius 1 is 1.38 bits per heavy atom. The van der Waals surface area contributed by atoms with Crippen molar-refractivity contribution in [3.8, 4) is 0 Å². The second-order valence-electron chi connectivity index (χ2n) is 2.99. The second kappa shape index (κ2) is 5.75. The lowest BCUT2D eigenvalue weighted by Crippen LogP contribution is -1.96. The maximum Gasteiger partial charge on any atom is 0.165 e. The Kier molecular flexibility index (Phi) is 4.61. The highest BCUT2D eigenvalue weighted by molar-refractivity contribution is 6.29. The maximum absolute atomic E-state index is 13.0. The Morgan fingerprint density at radius 2 is 2.06 bits per heavy atom. The molecule has 2 rings (SSSR count). The third-order valence-corrected chi connectivity index (χ3v) is 2.29. The summed E-state index contributed by atoms with van der Waals surface area (Å²) in [6.07, 6.45) is 0. The fourth-order valence-electron chi connectivity index (χ4n) is 1.29. The standard InChI is InChI=1S/C10H8ClFN2.CH4O/c11-10-8(12)4-7-2-1-6(5-13)3-9(7)14-10;1-2/h1-4H,5,13H2;2H,1H3. The molecule has 0 amide bonds. The van der Waals surface area contributed by atoms with Gasteiger partial charge >= 0.3 is 0 Å². The van der Waals surface area contributed by atoms with Crippen molar-refractivity contribution >= 4 is 22.5 Å². The zero-order chi connectivity index (χ0) is 12.1. The number of fused-ring (bicyclic) bond motifs is 1. The van der Waals surface area contributed by atoms with Crippen LogP contribution in [0.3, 0.4) is 0 Å². The van der Waals surface area contributed by atoms with Crippen LogP contribution in [0.1, 0.15) is 5.56 Å². The summed E-state index contributed by atoms with van der Waals surface area (Å²) in [5, 5.41) is 7.62. The van der Waals surface area contributed by atoms with Crippen LogP contribution < -0.4 is 5.73 Å². The van der Waals surface area contributed by atoms with E-state index in [-0.39, 0.29) is 5.15 Å². The number of rotatable bonds is 1. The number of hydrogen-bond donors (Lipinski definition) is 2. The number of aliphatic hydroxyl groups is 1. The van der Waals surface area contributed by atoms with E-state index in [0.717, 1.165) is 18.1 Å². The van der Waals surface area contributed by atoms with Crippen LogP contribution in [0.25, 0.3) is 10.9 Å². The van der Waals surface area contributed by atoms with E-state index >= 15 is 0 Å². The average molecular weight is 243 g/mol. The highest BCUT2D eigenvalue weighted by Crippen LogP contribution is 2.20. The Bertz CT molecular complexity index is 491. The van der Waals surface area contributed by atoms with Crippen molar-refractivity contribution < 1.29 is 9.50 Å². The van der Waals surface area contributed by atoms with Gasteiger partial charge in [-0.1, -0.05) is 23.7 Å². The van der Waals surface area contributed by atoms with Crippen LogP contribution >= 0.6 is 11.6 Å². The summed E-state index contributed by atoms with van der Waals surface area (Å²) in [5.74, 6) is -0.500. The van der Waals surface area contributed by atoms with Crippen molar-refractivity contribution in [1.29, 1.82) is 0 Å². The van der Waals surface area contributed by atoms with Gasteiger partial charge in [0.05, 0.1) is 5.52 Å². The molecule has 5 heteroatoms. The molecule has 3 nitrogen and oxygen atoms in total. The van der Waals surface area contributed by atoms with Gasteiger partial charge in [-0.2, -0.15) is 0 Å². The molecule has 3 N–H and O–H groups in total. The van der Waals surface area contributed by atoms with Crippen LogP contribution in [-0.4, -0.2) is 17.2 Å². The first-order valence-electron chi connectivity index (χ1n) is 4.60. The third kappa shape index (κ3) is 2.66. The van der Waals surface area contributed by atoms with Crippen LogP contribution in [-0.2, 0) is 6.54 Å². The van der Waals surface area contributed by atoms with E-state index in [4.69, 9.17) is 22.4 Å². The van der Waals surface area contributed by atoms with Crippen molar-refractivity contribution in [3.63, 3.8) is 0 Å². The average Bonchev–Trinajstić information content (AvgIpc) is 2.33. The van der Waals surface area contributed by atoms with Gasteiger partial charge in [-0.3, -0.25) is 0 Å². The topological polar surface area (TPSA) is 59.1 Å². The predicted octanol–water partition coefficient (Wildman–Crippen LogP) is 2.09. The minimum atomic E-state index is -0.500. The van der Waals surface area contributed by atoms with Crippen molar-refractivity contribution in [2.24, 2.45) is 5.73 Å². The van der Waals surface area contributed by atoms with Gasteiger partial charge in [-0.15, -0.1) is 0 Å². The van der Waals surface area contributed by atoms with Crippen LogP contribution in [0.4, 0.5) is 4.39 Å². The molecule has 1 heterocycles. The van der Waals surface area contributed by atoms with E-state index in [1.54, 1.807) is 12.1 Å². The van der Waals surface area contributed by atoms with Gasteiger partial charge in [-0.05, 0) is 17.7 Å². The predicted molar refractivity (Wildman–Crippen MR) is 62.7 cm³/mol. The highest BCUT2D eigenvalue weighted by Gasteiger charge is 2.04. The van der Waals surface area contributed by atoms with Gasteiger partial charge < -0.3 is 10.8 Å². The molecule has 0 saturated heterocycles. The van der Waals surface area contributed by atoms with Gasteiger partial charge in [0.1, 0.15) is 0 Å². The zero-order valence-corrected chi connectivity index (χ0v) is 9.50. The van der Waals surface area contributed by atoms with Crippen LogP contribution in [0.2, 0.25) is 5.15 Å². The number of pyridine rings is 1. The normalized spacial score (nSPS) is 9.81. The number of hydrogen-bond acceptors (Lipinski definition) is 3. The lowest BCUT2D eigenvalue weighted by molar-refractivity contribution is 0.399. The first-order valence-corrected chi connectivity index (χ1v) is 4.98. The van der Waals surface area contributed by atoms with E-state index in [2.05, 4.69) is 4.98 Å². The minimum absolute atomic E-state index is 0.105. The molecular formula is C11H12ClFN2O. The molecule has 0 fully saturated rings. The van der Waals surface area contributed by atoms with Gasteiger partial charge in [0.2, 0.25) is 0 Å². The van der Waals surface area contributed by atoms with Crippen LogP contribution in [0.15, 0.2) is 24.3 Å². The second-order valence-corrected chi connectivity index (χ2v) is 3.35. The number of aliphatic hydroxyl groups excluding tert-OH is 1. The molecule has 0 aliphatic carbocycles. The fraction of sp³-hybridized carbons (Fsp3) is 0.182. The highest BCUT2D eigenvalue weighted by atomic mass is 35.5. The first-order chi connectivity index (χ1) is 7.70. The van der Waals surface area contributed by atoms with Gasteiger partial charge in [-0.25, -0.2) is 9.37 Å². The Labute approximate surface area is 97.7 Å². The zero-order valence-electron chi connectivity index (χ0n) is 8.74. The Balaban J connectivity index is 0.000000606. The number of benzene rings is 1. The lowest BCUT2D eigenvalue weighted by atomic mass is 10.1. The van der Waals surface area contributed by atoms with Crippen molar-refractivity contribution in [1.82, 2.24) is 4.98 Å². The summed E-state index contributed by atoms with van der Waals surface area (Å²) in [7, 11) is 1.00. The molecule has 1 aromatic carbocycles. The maximum atomic E-state index is 13.0. The number of nitrogens with zero attached hydrogens (tertiary/aromatic N) is 1. The van der Waals surface area contributed by atoms with Crippen LogP contribution in [0.5, 0.6) is 0 Å². The summed E-state index contributed by atoms with van der Waals surface area (Å²) in [6, 6.07) is 6.80. The molecule has 0 aliphatic heterocycles.